The summed E-state index contributed by atoms with van der Waals surface area (Å²) in [5, 5.41) is 3.56. The summed E-state index contributed by atoms with van der Waals surface area (Å²) >= 11 is 6.18. The summed E-state index contributed by atoms with van der Waals surface area (Å²) in [5.74, 6) is 0.418. The van der Waals surface area contributed by atoms with Crippen molar-refractivity contribution in [3.8, 4) is 5.75 Å². The Bertz CT molecular complexity index is 1120. The summed E-state index contributed by atoms with van der Waals surface area (Å²) in [7, 11) is -3.76. The van der Waals surface area contributed by atoms with Crippen LogP contribution in [0.5, 0.6) is 5.75 Å². The molecule has 6 nitrogen and oxygen atoms in total. The fourth-order valence-electron chi connectivity index (χ4n) is 4.55. The van der Waals surface area contributed by atoms with E-state index in [9.17, 15) is 13.2 Å². The van der Waals surface area contributed by atoms with Crippen LogP contribution in [0.25, 0.3) is 0 Å². The summed E-state index contributed by atoms with van der Waals surface area (Å²) < 4.78 is 33.3. The first-order valence-corrected chi connectivity index (χ1v) is 13.6. The number of sulfonamides is 1. The number of halogens is 1. The minimum Gasteiger partial charge on any atom is -0.487 e. The van der Waals surface area contributed by atoms with Crippen LogP contribution in [-0.4, -0.2) is 32.2 Å². The Morgan fingerprint density at radius 3 is 2.48 bits per heavy atom. The van der Waals surface area contributed by atoms with E-state index in [1.165, 1.54) is 4.31 Å². The Labute approximate surface area is 202 Å². The van der Waals surface area contributed by atoms with E-state index in [-0.39, 0.29) is 17.6 Å². The lowest BCUT2D eigenvalue weighted by Crippen LogP contribution is -2.52. The number of nitrogens with one attached hydrogen (secondary N) is 1. The van der Waals surface area contributed by atoms with Crippen LogP contribution in [0.1, 0.15) is 63.6 Å². The maximum atomic E-state index is 13.6. The summed E-state index contributed by atoms with van der Waals surface area (Å²) in [4.78, 5) is 13.6. The van der Waals surface area contributed by atoms with Crippen molar-refractivity contribution in [2.45, 2.75) is 71.1 Å². The average Bonchev–Trinajstić information content (AvgIpc) is 2.78. The minimum absolute atomic E-state index is 0.279. The molecule has 0 bridgehead atoms. The van der Waals surface area contributed by atoms with Crippen LogP contribution < -0.4 is 14.4 Å². The van der Waals surface area contributed by atoms with E-state index in [4.69, 9.17) is 16.3 Å². The van der Waals surface area contributed by atoms with Crippen molar-refractivity contribution >= 4 is 33.2 Å². The van der Waals surface area contributed by atoms with Gasteiger partial charge in [0.25, 0.3) is 0 Å². The Morgan fingerprint density at radius 2 is 1.88 bits per heavy atom. The number of nitrogens with zero attached hydrogens (tertiary/aromatic N) is 1. The molecular formula is C25H33ClN2O4S. The van der Waals surface area contributed by atoms with E-state index >= 15 is 0 Å². The van der Waals surface area contributed by atoms with Gasteiger partial charge in [-0.15, -0.1) is 0 Å². The maximum Gasteiger partial charge on any atom is 0.244 e. The lowest BCUT2D eigenvalue weighted by atomic mass is 9.83. The Balaban J connectivity index is 1.99. The van der Waals surface area contributed by atoms with Gasteiger partial charge in [0.05, 0.1) is 18.0 Å². The number of para-hydroxylation sites is 1. The highest BCUT2D eigenvalue weighted by molar-refractivity contribution is 7.92. The summed E-state index contributed by atoms with van der Waals surface area (Å²) in [6.07, 6.45) is 3.65. The van der Waals surface area contributed by atoms with E-state index in [1.807, 2.05) is 31.2 Å². The average molecular weight is 493 g/mol. The van der Waals surface area contributed by atoms with Gasteiger partial charge in [-0.2, -0.15) is 0 Å². The lowest BCUT2D eigenvalue weighted by molar-refractivity contribution is -0.123. The number of anilines is 1. The van der Waals surface area contributed by atoms with Gasteiger partial charge in [-0.1, -0.05) is 56.6 Å². The van der Waals surface area contributed by atoms with Gasteiger partial charge in [0.15, 0.2) is 0 Å². The number of benzene rings is 2. The third-order valence-corrected chi connectivity index (χ3v) is 7.94. The Hall–Kier alpha value is -2.25. The number of amides is 1. The number of carbonyl (C=O) groups excluding carboxylic acids is 1. The van der Waals surface area contributed by atoms with E-state index in [2.05, 4.69) is 19.2 Å². The molecule has 0 radical (unpaired) electrons. The maximum absolute atomic E-state index is 13.6. The molecule has 3 rings (SSSR count). The van der Waals surface area contributed by atoms with Gasteiger partial charge in [0, 0.05) is 17.0 Å². The molecule has 0 spiro atoms. The zero-order valence-corrected chi connectivity index (χ0v) is 21.5. The minimum atomic E-state index is -3.76. The summed E-state index contributed by atoms with van der Waals surface area (Å²) in [6, 6.07) is 11.6. The van der Waals surface area contributed by atoms with Crippen LogP contribution in [0.15, 0.2) is 42.5 Å². The molecule has 2 aromatic carbocycles. The van der Waals surface area contributed by atoms with Gasteiger partial charge in [0.2, 0.25) is 15.9 Å². The quantitative estimate of drug-likeness (QED) is 0.536. The number of ether oxygens (including phenoxy) is 1. The lowest BCUT2D eigenvalue weighted by Gasteiger charge is -2.42. The van der Waals surface area contributed by atoms with Gasteiger partial charge >= 0.3 is 0 Å². The molecule has 0 aliphatic carbocycles. The Morgan fingerprint density at radius 1 is 1.21 bits per heavy atom. The van der Waals surface area contributed by atoms with Gasteiger partial charge in [0.1, 0.15) is 17.4 Å². The molecule has 1 heterocycles. The SMILES string of the molecule is CCC(C(=O)NC1CC(CC)(CC)Oc2ccccc21)N(c1cc(Cl)ccc1C)S(C)(=O)=O. The van der Waals surface area contributed by atoms with Crippen molar-refractivity contribution in [1.29, 1.82) is 0 Å². The fraction of sp³-hybridized carbons (Fsp3) is 0.480. The zero-order chi connectivity index (χ0) is 24.4. The largest absolute Gasteiger partial charge is 0.487 e. The second kappa shape index (κ2) is 9.94. The molecule has 2 aromatic rings. The predicted octanol–water partition coefficient (Wildman–Crippen LogP) is 5.39. The van der Waals surface area contributed by atoms with Crippen molar-refractivity contribution in [1.82, 2.24) is 5.32 Å². The normalized spacial score (nSPS) is 18.1. The second-order valence-corrected chi connectivity index (χ2v) is 11.0. The van der Waals surface area contributed by atoms with Crippen LogP contribution >= 0.6 is 11.6 Å². The fourth-order valence-corrected chi connectivity index (χ4v) is 5.98. The van der Waals surface area contributed by atoms with Crippen molar-refractivity contribution in [3.63, 3.8) is 0 Å². The number of carbonyl (C=O) groups is 1. The Kier molecular flexibility index (Phi) is 7.64. The van der Waals surface area contributed by atoms with E-state index in [1.54, 1.807) is 25.1 Å². The van der Waals surface area contributed by atoms with Gasteiger partial charge in [-0.05, 0) is 49.9 Å². The molecule has 2 atom stereocenters. The summed E-state index contributed by atoms with van der Waals surface area (Å²) in [6.45, 7) is 7.78. The third-order valence-electron chi connectivity index (χ3n) is 6.54. The molecule has 2 unspecified atom stereocenters. The van der Waals surface area contributed by atoms with Crippen LogP contribution in [0.3, 0.4) is 0 Å². The van der Waals surface area contributed by atoms with Crippen LogP contribution in [0.2, 0.25) is 5.02 Å². The number of hydrogen-bond donors (Lipinski definition) is 1. The van der Waals surface area contributed by atoms with Gasteiger partial charge < -0.3 is 10.1 Å². The molecule has 0 saturated heterocycles. The standard InChI is InChI=1S/C25H33ClN2O4S/c1-6-21(28(33(5,30)31)22-15-18(26)14-13-17(22)4)24(29)27-20-16-25(7-2,8-3)32-23-12-10-9-11-19(20)23/h9-15,20-21H,6-8,16H2,1-5H3,(H,27,29). The molecule has 1 aliphatic heterocycles. The molecule has 0 fully saturated rings. The first-order valence-electron chi connectivity index (χ1n) is 11.4. The third kappa shape index (κ3) is 5.30. The topological polar surface area (TPSA) is 75.7 Å². The smallest absolute Gasteiger partial charge is 0.244 e. The molecule has 0 aromatic heterocycles. The number of rotatable bonds is 8. The van der Waals surface area contributed by atoms with Crippen LogP contribution in [0, 0.1) is 6.92 Å². The van der Waals surface area contributed by atoms with Crippen molar-refractivity contribution in [2.75, 3.05) is 10.6 Å². The predicted molar refractivity (Wildman–Crippen MR) is 133 cm³/mol. The molecule has 180 valence electrons. The highest BCUT2D eigenvalue weighted by Gasteiger charge is 2.41. The number of hydrogen-bond acceptors (Lipinski definition) is 4. The molecule has 0 saturated carbocycles. The van der Waals surface area contributed by atoms with Crippen LogP contribution in [-0.2, 0) is 14.8 Å². The number of aryl methyl sites for hydroxylation is 1. The van der Waals surface area contributed by atoms with E-state index in [0.29, 0.717) is 23.6 Å². The van der Waals surface area contributed by atoms with Crippen molar-refractivity contribution < 1.29 is 17.9 Å². The number of fused-ring (bicyclic) bond motifs is 1. The van der Waals surface area contributed by atoms with Crippen LogP contribution in [0.4, 0.5) is 5.69 Å². The first-order chi connectivity index (χ1) is 15.5. The highest BCUT2D eigenvalue weighted by atomic mass is 35.5. The highest BCUT2D eigenvalue weighted by Crippen LogP contribution is 2.42. The first kappa shape index (κ1) is 25.4. The van der Waals surface area contributed by atoms with E-state index in [0.717, 1.165) is 36.0 Å². The molecule has 8 heteroatoms. The van der Waals surface area contributed by atoms with Crippen molar-refractivity contribution in [2.24, 2.45) is 0 Å². The second-order valence-electron chi connectivity index (χ2n) is 8.71. The van der Waals surface area contributed by atoms with E-state index < -0.39 is 16.1 Å². The molecule has 1 aliphatic rings. The molecule has 1 N–H and O–H groups in total. The monoisotopic (exact) mass is 492 g/mol. The molecular weight excluding hydrogens is 460 g/mol. The van der Waals surface area contributed by atoms with Gasteiger partial charge in [-0.3, -0.25) is 9.10 Å². The molecule has 33 heavy (non-hydrogen) atoms. The zero-order valence-electron chi connectivity index (χ0n) is 19.9. The van der Waals surface area contributed by atoms with Crippen molar-refractivity contribution in [3.05, 3.63) is 58.6 Å². The molecule has 1 amide bonds. The van der Waals surface area contributed by atoms with Gasteiger partial charge in [-0.25, -0.2) is 8.42 Å². The summed E-state index contributed by atoms with van der Waals surface area (Å²) in [5.41, 5.74) is 1.66.